The average molecular weight is 305 g/mol. The molecule has 6 heteroatoms. The van der Waals surface area contributed by atoms with Crippen LogP contribution in [0.1, 0.15) is 30.1 Å². The first kappa shape index (κ1) is 14.7. The van der Waals surface area contributed by atoms with E-state index in [4.69, 9.17) is 10.7 Å². The summed E-state index contributed by atoms with van der Waals surface area (Å²) in [5, 5.41) is 4.47. The first-order valence-electron chi connectivity index (χ1n) is 7.36. The lowest BCUT2D eigenvalue weighted by atomic mass is 10.0. The van der Waals surface area contributed by atoms with Crippen LogP contribution >= 0.6 is 11.3 Å². The summed E-state index contributed by atoms with van der Waals surface area (Å²) in [5.74, 6) is 1.45. The Bertz CT molecular complexity index is 676. The quantitative estimate of drug-likeness (QED) is 0.889. The Morgan fingerprint density at radius 2 is 2.10 bits per heavy atom. The molecule has 0 amide bonds. The molecule has 3 heterocycles. The van der Waals surface area contributed by atoms with E-state index in [9.17, 15) is 0 Å². The lowest BCUT2D eigenvalue weighted by molar-refractivity contribution is 0.0801. The largest absolute Gasteiger partial charge is 0.383 e. The van der Waals surface area contributed by atoms with Gasteiger partial charge >= 0.3 is 0 Å². The number of fused-ring (bicyclic) bond motifs is 1. The highest BCUT2D eigenvalue weighted by atomic mass is 32.1. The minimum atomic E-state index is 0.118. The van der Waals surface area contributed by atoms with Crippen LogP contribution in [0.3, 0.4) is 0 Å². The molecule has 3 N–H and O–H groups in total. The number of hydrogen-bond acceptors (Lipinski definition) is 6. The number of nitrogens with two attached hydrogens (primary N) is 1. The first-order chi connectivity index (χ1) is 9.88. The fourth-order valence-corrected chi connectivity index (χ4v) is 3.94. The SMILES string of the molecule is Cc1sc2nc(CN3CCNCC3(C)C)nc(N)c2c1C. The zero-order chi connectivity index (χ0) is 15.2. The van der Waals surface area contributed by atoms with Crippen molar-refractivity contribution >= 4 is 27.4 Å². The maximum Gasteiger partial charge on any atom is 0.146 e. The van der Waals surface area contributed by atoms with Crippen molar-refractivity contribution in [3.63, 3.8) is 0 Å². The summed E-state index contributed by atoms with van der Waals surface area (Å²) in [6, 6.07) is 0. The van der Waals surface area contributed by atoms with Gasteiger partial charge in [-0.1, -0.05) is 0 Å². The molecule has 0 aliphatic carbocycles. The Kier molecular flexibility index (Phi) is 3.63. The van der Waals surface area contributed by atoms with Crippen molar-refractivity contribution in [1.82, 2.24) is 20.2 Å². The van der Waals surface area contributed by atoms with Gasteiger partial charge in [0.25, 0.3) is 0 Å². The van der Waals surface area contributed by atoms with Crippen LogP contribution < -0.4 is 11.1 Å². The summed E-state index contributed by atoms with van der Waals surface area (Å²) in [5.41, 5.74) is 7.50. The number of nitrogen functional groups attached to an aromatic ring is 1. The Hall–Kier alpha value is -1.24. The van der Waals surface area contributed by atoms with E-state index in [0.29, 0.717) is 5.82 Å². The molecular weight excluding hydrogens is 282 g/mol. The molecule has 0 saturated carbocycles. The van der Waals surface area contributed by atoms with E-state index in [2.05, 4.69) is 42.9 Å². The van der Waals surface area contributed by atoms with Gasteiger partial charge in [0, 0.05) is 30.1 Å². The molecule has 1 fully saturated rings. The minimum Gasteiger partial charge on any atom is -0.383 e. The van der Waals surface area contributed by atoms with Gasteiger partial charge in [-0.3, -0.25) is 4.90 Å². The second-order valence-corrected chi connectivity index (χ2v) is 7.60. The number of thiophene rings is 1. The topological polar surface area (TPSA) is 67.1 Å². The van der Waals surface area contributed by atoms with E-state index in [1.54, 1.807) is 11.3 Å². The van der Waals surface area contributed by atoms with Crippen molar-refractivity contribution in [2.45, 2.75) is 39.8 Å². The lowest BCUT2D eigenvalue weighted by Gasteiger charge is -2.42. The summed E-state index contributed by atoms with van der Waals surface area (Å²) in [6.07, 6.45) is 0. The maximum absolute atomic E-state index is 6.17. The average Bonchev–Trinajstić information content (AvgIpc) is 2.68. The Morgan fingerprint density at radius 3 is 2.81 bits per heavy atom. The molecule has 0 spiro atoms. The number of anilines is 1. The van der Waals surface area contributed by atoms with Gasteiger partial charge in [0.05, 0.1) is 11.9 Å². The highest BCUT2D eigenvalue weighted by molar-refractivity contribution is 7.18. The third-order valence-electron chi connectivity index (χ3n) is 4.41. The molecule has 0 aromatic carbocycles. The number of hydrogen-bond donors (Lipinski definition) is 2. The molecule has 1 aliphatic rings. The van der Waals surface area contributed by atoms with E-state index in [1.165, 1.54) is 10.4 Å². The van der Waals surface area contributed by atoms with Crippen LogP contribution in [0.2, 0.25) is 0 Å². The maximum atomic E-state index is 6.17. The Labute approximate surface area is 129 Å². The molecule has 1 aliphatic heterocycles. The number of nitrogens with one attached hydrogen (secondary N) is 1. The third-order valence-corrected chi connectivity index (χ3v) is 5.51. The standard InChI is InChI=1S/C15H23N5S/c1-9-10(2)21-14-12(9)13(16)18-11(19-14)7-20-6-5-17-8-15(20,3)4/h17H,5-8H2,1-4H3,(H2,16,18,19). The predicted molar refractivity (Wildman–Crippen MR) is 88.7 cm³/mol. The first-order valence-corrected chi connectivity index (χ1v) is 8.18. The van der Waals surface area contributed by atoms with Gasteiger partial charge in [0.1, 0.15) is 16.5 Å². The molecule has 0 unspecified atom stereocenters. The number of nitrogens with zero attached hydrogens (tertiary/aromatic N) is 3. The molecule has 1 saturated heterocycles. The number of rotatable bonds is 2. The van der Waals surface area contributed by atoms with Gasteiger partial charge in [0.15, 0.2) is 0 Å². The lowest BCUT2D eigenvalue weighted by Crippen LogP contribution is -2.57. The van der Waals surface area contributed by atoms with E-state index in [1.807, 2.05) is 0 Å². The number of aryl methyl sites for hydroxylation is 2. The molecular formula is C15H23N5S. The van der Waals surface area contributed by atoms with Crippen molar-refractivity contribution < 1.29 is 0 Å². The Balaban J connectivity index is 1.94. The summed E-state index contributed by atoms with van der Waals surface area (Å²) < 4.78 is 0. The fraction of sp³-hybridized carbons (Fsp3) is 0.600. The summed E-state index contributed by atoms with van der Waals surface area (Å²) in [4.78, 5) is 14.0. The van der Waals surface area contributed by atoms with Crippen molar-refractivity contribution in [3.05, 3.63) is 16.3 Å². The van der Waals surface area contributed by atoms with Gasteiger partial charge in [0.2, 0.25) is 0 Å². The van der Waals surface area contributed by atoms with E-state index < -0.39 is 0 Å². The molecule has 2 aromatic rings. The summed E-state index contributed by atoms with van der Waals surface area (Å²) >= 11 is 1.71. The van der Waals surface area contributed by atoms with Crippen molar-refractivity contribution in [2.75, 3.05) is 25.4 Å². The van der Waals surface area contributed by atoms with Crippen LogP contribution in [0.4, 0.5) is 5.82 Å². The minimum absolute atomic E-state index is 0.118. The summed E-state index contributed by atoms with van der Waals surface area (Å²) in [7, 11) is 0. The molecule has 2 aromatic heterocycles. The highest BCUT2D eigenvalue weighted by Gasteiger charge is 2.30. The fourth-order valence-electron chi connectivity index (χ4n) is 2.88. The van der Waals surface area contributed by atoms with Crippen molar-refractivity contribution in [3.8, 4) is 0 Å². The van der Waals surface area contributed by atoms with Gasteiger partial charge in [-0.05, 0) is 33.3 Å². The van der Waals surface area contributed by atoms with Gasteiger partial charge < -0.3 is 11.1 Å². The molecule has 3 rings (SSSR count). The van der Waals surface area contributed by atoms with Crippen LogP contribution in [0.15, 0.2) is 0 Å². The number of piperazine rings is 1. The van der Waals surface area contributed by atoms with E-state index >= 15 is 0 Å². The highest BCUT2D eigenvalue weighted by Crippen LogP contribution is 2.32. The molecule has 0 atom stereocenters. The number of aromatic nitrogens is 2. The molecule has 21 heavy (non-hydrogen) atoms. The smallest absolute Gasteiger partial charge is 0.146 e. The van der Waals surface area contributed by atoms with Crippen LogP contribution in [0, 0.1) is 13.8 Å². The second kappa shape index (κ2) is 5.19. The van der Waals surface area contributed by atoms with E-state index in [0.717, 1.165) is 42.2 Å². The zero-order valence-electron chi connectivity index (χ0n) is 13.2. The van der Waals surface area contributed by atoms with Crippen LogP contribution in [0.25, 0.3) is 10.2 Å². The normalized spacial score (nSPS) is 19.2. The van der Waals surface area contributed by atoms with E-state index in [-0.39, 0.29) is 5.54 Å². The van der Waals surface area contributed by atoms with Crippen molar-refractivity contribution in [2.24, 2.45) is 0 Å². The molecule has 0 bridgehead atoms. The summed E-state index contributed by atoms with van der Waals surface area (Å²) in [6.45, 7) is 12.5. The third kappa shape index (κ3) is 2.63. The zero-order valence-corrected chi connectivity index (χ0v) is 14.0. The monoisotopic (exact) mass is 305 g/mol. The molecule has 114 valence electrons. The Morgan fingerprint density at radius 1 is 1.33 bits per heavy atom. The van der Waals surface area contributed by atoms with Gasteiger partial charge in [-0.25, -0.2) is 9.97 Å². The van der Waals surface area contributed by atoms with Crippen LogP contribution in [0.5, 0.6) is 0 Å². The molecule has 5 nitrogen and oxygen atoms in total. The van der Waals surface area contributed by atoms with Gasteiger partial charge in [-0.2, -0.15) is 0 Å². The van der Waals surface area contributed by atoms with Gasteiger partial charge in [-0.15, -0.1) is 11.3 Å². The predicted octanol–water partition coefficient (Wildman–Crippen LogP) is 2.07. The second-order valence-electron chi connectivity index (χ2n) is 6.40. The van der Waals surface area contributed by atoms with Crippen molar-refractivity contribution in [1.29, 1.82) is 0 Å². The van der Waals surface area contributed by atoms with Crippen LogP contribution in [-0.4, -0.2) is 40.0 Å². The van der Waals surface area contributed by atoms with Crippen LogP contribution in [-0.2, 0) is 6.54 Å². The molecule has 0 radical (unpaired) electrons.